The van der Waals surface area contributed by atoms with Crippen LogP contribution in [0.4, 0.5) is 5.82 Å². The van der Waals surface area contributed by atoms with Gasteiger partial charge in [0.2, 0.25) is 0 Å². The van der Waals surface area contributed by atoms with Crippen molar-refractivity contribution in [3.05, 3.63) is 16.5 Å². The lowest BCUT2D eigenvalue weighted by Crippen LogP contribution is -2.15. The summed E-state index contributed by atoms with van der Waals surface area (Å²) < 4.78 is 0. The zero-order valence-electron chi connectivity index (χ0n) is 9.59. The minimum Gasteiger partial charge on any atom is -0.366 e. The van der Waals surface area contributed by atoms with Gasteiger partial charge in [-0.2, -0.15) is 11.8 Å². The van der Waals surface area contributed by atoms with Gasteiger partial charge in [0, 0.05) is 11.8 Å². The maximum Gasteiger partial charge on any atom is 0.171 e. The monoisotopic (exact) mass is 257 g/mol. The zero-order chi connectivity index (χ0) is 11.5. The number of rotatable bonds is 3. The van der Waals surface area contributed by atoms with Crippen molar-refractivity contribution >= 4 is 29.2 Å². The molecule has 3 nitrogen and oxygen atoms in total. The Morgan fingerprint density at radius 1 is 1.38 bits per heavy atom. The number of anilines is 1. The van der Waals surface area contributed by atoms with E-state index in [1.807, 2.05) is 25.6 Å². The number of aromatic nitrogens is 2. The molecule has 1 aliphatic rings. The summed E-state index contributed by atoms with van der Waals surface area (Å²) >= 11 is 8.07. The van der Waals surface area contributed by atoms with Crippen LogP contribution in [0.25, 0.3) is 0 Å². The molecule has 5 heteroatoms. The number of aryl methyl sites for hydroxylation is 2. The minimum atomic E-state index is 0.478. The molecule has 0 aromatic carbocycles. The number of thioether (sulfide) groups is 1. The van der Waals surface area contributed by atoms with E-state index in [2.05, 4.69) is 15.3 Å². The fourth-order valence-corrected chi connectivity index (χ4v) is 3.14. The molecule has 0 aliphatic carbocycles. The number of nitrogens with zero attached hydrogens (tertiary/aromatic N) is 2. The second-order valence-electron chi connectivity index (χ2n) is 4.05. The van der Waals surface area contributed by atoms with Gasteiger partial charge in [0.1, 0.15) is 0 Å². The van der Waals surface area contributed by atoms with Gasteiger partial charge in [0.05, 0.1) is 11.4 Å². The first-order valence-electron chi connectivity index (χ1n) is 5.53. The van der Waals surface area contributed by atoms with Crippen LogP contribution in [-0.2, 0) is 0 Å². The molecule has 1 aromatic heterocycles. The lowest BCUT2D eigenvalue weighted by atomic mass is 10.2. The summed E-state index contributed by atoms with van der Waals surface area (Å²) in [6.45, 7) is 4.81. The van der Waals surface area contributed by atoms with Crippen molar-refractivity contribution in [2.75, 3.05) is 17.6 Å². The van der Waals surface area contributed by atoms with Gasteiger partial charge in [0.15, 0.2) is 11.0 Å². The highest BCUT2D eigenvalue weighted by Gasteiger charge is 2.16. The normalized spacial score (nSPS) is 20.1. The molecule has 1 saturated heterocycles. The highest BCUT2D eigenvalue weighted by molar-refractivity contribution is 8.00. The Kier molecular flexibility index (Phi) is 3.92. The lowest BCUT2D eigenvalue weighted by Gasteiger charge is -2.12. The van der Waals surface area contributed by atoms with E-state index in [-0.39, 0.29) is 0 Å². The van der Waals surface area contributed by atoms with E-state index in [0.717, 1.165) is 23.8 Å². The third kappa shape index (κ3) is 2.80. The average molecular weight is 258 g/mol. The van der Waals surface area contributed by atoms with Gasteiger partial charge < -0.3 is 5.32 Å². The molecule has 1 fully saturated rings. The third-order valence-corrected chi connectivity index (χ3v) is 4.45. The van der Waals surface area contributed by atoms with E-state index in [1.165, 1.54) is 18.6 Å². The molecule has 0 saturated carbocycles. The molecular weight excluding hydrogens is 242 g/mol. The molecule has 1 aromatic rings. The summed E-state index contributed by atoms with van der Waals surface area (Å²) in [6, 6.07) is 0. The first kappa shape index (κ1) is 12.0. The van der Waals surface area contributed by atoms with Gasteiger partial charge in [-0.25, -0.2) is 9.97 Å². The summed E-state index contributed by atoms with van der Waals surface area (Å²) in [5, 5.41) is 4.47. The molecule has 1 aliphatic heterocycles. The first-order chi connectivity index (χ1) is 7.66. The molecule has 0 spiro atoms. The Labute approximate surface area is 105 Å². The Morgan fingerprint density at radius 2 is 2.12 bits per heavy atom. The van der Waals surface area contributed by atoms with Crippen LogP contribution in [0.5, 0.6) is 0 Å². The van der Waals surface area contributed by atoms with Crippen molar-refractivity contribution < 1.29 is 0 Å². The van der Waals surface area contributed by atoms with Crippen molar-refractivity contribution in [1.82, 2.24) is 9.97 Å². The molecule has 1 unspecified atom stereocenters. The Morgan fingerprint density at radius 3 is 2.81 bits per heavy atom. The number of hydrogen-bond acceptors (Lipinski definition) is 4. The summed E-state index contributed by atoms with van der Waals surface area (Å²) in [5.41, 5.74) is 1.83. The van der Waals surface area contributed by atoms with Gasteiger partial charge in [-0.05, 0) is 32.4 Å². The summed E-state index contributed by atoms with van der Waals surface area (Å²) in [6.07, 6.45) is 2.61. The summed E-state index contributed by atoms with van der Waals surface area (Å²) in [7, 11) is 0. The van der Waals surface area contributed by atoms with Crippen LogP contribution in [0.1, 0.15) is 24.2 Å². The van der Waals surface area contributed by atoms with Crippen LogP contribution in [0.2, 0.25) is 5.15 Å². The topological polar surface area (TPSA) is 37.8 Å². The molecule has 0 radical (unpaired) electrons. The van der Waals surface area contributed by atoms with E-state index in [9.17, 15) is 0 Å². The molecule has 1 N–H and O–H groups in total. The van der Waals surface area contributed by atoms with Gasteiger partial charge in [-0.15, -0.1) is 0 Å². The van der Waals surface area contributed by atoms with Crippen LogP contribution in [-0.4, -0.2) is 27.5 Å². The van der Waals surface area contributed by atoms with Gasteiger partial charge >= 0.3 is 0 Å². The Balaban J connectivity index is 2.00. The molecule has 88 valence electrons. The predicted octanol–water partition coefficient (Wildman–Crippen LogP) is 3.05. The first-order valence-corrected chi connectivity index (χ1v) is 6.95. The Bertz CT molecular complexity index is 378. The predicted molar refractivity (Wildman–Crippen MR) is 70.5 cm³/mol. The zero-order valence-corrected chi connectivity index (χ0v) is 11.2. The van der Waals surface area contributed by atoms with Crippen LogP contribution < -0.4 is 5.32 Å². The third-order valence-electron chi connectivity index (χ3n) is 2.79. The van der Waals surface area contributed by atoms with Gasteiger partial charge in [-0.3, -0.25) is 0 Å². The van der Waals surface area contributed by atoms with E-state index in [0.29, 0.717) is 10.4 Å². The minimum absolute atomic E-state index is 0.478. The number of hydrogen-bond donors (Lipinski definition) is 1. The van der Waals surface area contributed by atoms with Crippen molar-refractivity contribution in [3.8, 4) is 0 Å². The second-order valence-corrected chi connectivity index (χ2v) is 5.82. The average Bonchev–Trinajstić information content (AvgIpc) is 2.74. The Hall–Kier alpha value is -0.480. The van der Waals surface area contributed by atoms with Gasteiger partial charge in [-0.1, -0.05) is 11.6 Å². The fraction of sp³-hybridized carbons (Fsp3) is 0.636. The smallest absolute Gasteiger partial charge is 0.171 e. The molecular formula is C11H16ClN3S. The van der Waals surface area contributed by atoms with E-state index in [1.54, 1.807) is 0 Å². The maximum atomic E-state index is 6.04. The van der Waals surface area contributed by atoms with Crippen LogP contribution >= 0.6 is 23.4 Å². The summed E-state index contributed by atoms with van der Waals surface area (Å²) in [4.78, 5) is 8.67. The number of nitrogens with one attached hydrogen (secondary N) is 1. The molecule has 0 amide bonds. The van der Waals surface area contributed by atoms with E-state index in [4.69, 9.17) is 11.6 Å². The molecule has 16 heavy (non-hydrogen) atoms. The largest absolute Gasteiger partial charge is 0.366 e. The highest BCUT2D eigenvalue weighted by atomic mass is 35.5. The SMILES string of the molecule is Cc1nc(Cl)c(NCC2CCCS2)nc1C. The highest BCUT2D eigenvalue weighted by Crippen LogP contribution is 2.27. The van der Waals surface area contributed by atoms with E-state index < -0.39 is 0 Å². The molecule has 1 atom stereocenters. The van der Waals surface area contributed by atoms with Crippen molar-refractivity contribution in [3.63, 3.8) is 0 Å². The van der Waals surface area contributed by atoms with Crippen LogP contribution in [0.3, 0.4) is 0 Å². The van der Waals surface area contributed by atoms with Crippen molar-refractivity contribution in [1.29, 1.82) is 0 Å². The molecule has 2 rings (SSSR count). The molecule has 2 heterocycles. The fourth-order valence-electron chi connectivity index (χ4n) is 1.70. The number of halogens is 1. The van der Waals surface area contributed by atoms with Crippen molar-refractivity contribution in [2.45, 2.75) is 31.9 Å². The maximum absolute atomic E-state index is 6.04. The quantitative estimate of drug-likeness (QED) is 0.903. The van der Waals surface area contributed by atoms with Crippen LogP contribution in [0.15, 0.2) is 0 Å². The van der Waals surface area contributed by atoms with Crippen molar-refractivity contribution in [2.24, 2.45) is 0 Å². The molecule has 0 bridgehead atoms. The summed E-state index contributed by atoms with van der Waals surface area (Å²) in [5.74, 6) is 2.00. The second kappa shape index (κ2) is 5.23. The van der Waals surface area contributed by atoms with Crippen LogP contribution in [0, 0.1) is 13.8 Å². The lowest BCUT2D eigenvalue weighted by molar-refractivity contribution is 0.802. The standard InChI is InChI=1S/C11H16ClN3S/c1-7-8(2)15-11(10(12)14-7)13-6-9-4-3-5-16-9/h9H,3-6H2,1-2H3,(H,13,15). The van der Waals surface area contributed by atoms with E-state index >= 15 is 0 Å². The van der Waals surface area contributed by atoms with Gasteiger partial charge in [0.25, 0.3) is 0 Å².